The molecule has 3 unspecified atom stereocenters. The Labute approximate surface area is 267 Å². The number of ether oxygens (including phenoxy) is 3. The molecule has 3 atom stereocenters. The van der Waals surface area contributed by atoms with Gasteiger partial charge in [-0.3, -0.25) is 14.4 Å². The highest BCUT2D eigenvalue weighted by molar-refractivity contribution is 5.83. The van der Waals surface area contributed by atoms with Gasteiger partial charge < -0.3 is 24.8 Å². The molecular formula is C36H64N2O6. The third-order valence-electron chi connectivity index (χ3n) is 10.1. The summed E-state index contributed by atoms with van der Waals surface area (Å²) in [5.74, 6) is -1.24. The summed E-state index contributed by atoms with van der Waals surface area (Å²) in [4.78, 5) is 39.5. The summed E-state index contributed by atoms with van der Waals surface area (Å²) >= 11 is 0. The quantitative estimate of drug-likeness (QED) is 0.121. The minimum Gasteiger partial charge on any atom is -0.460 e. The van der Waals surface area contributed by atoms with Gasteiger partial charge in [-0.2, -0.15) is 0 Å². The molecule has 1 saturated heterocycles. The van der Waals surface area contributed by atoms with Crippen LogP contribution in [0.3, 0.4) is 0 Å². The van der Waals surface area contributed by atoms with Crippen molar-refractivity contribution in [3.8, 4) is 0 Å². The van der Waals surface area contributed by atoms with E-state index in [9.17, 15) is 14.4 Å². The summed E-state index contributed by atoms with van der Waals surface area (Å²) in [5.41, 5.74) is -0.733. The first-order chi connectivity index (χ1) is 21.0. The van der Waals surface area contributed by atoms with E-state index < -0.39 is 17.3 Å². The van der Waals surface area contributed by atoms with Crippen LogP contribution in [0.5, 0.6) is 0 Å². The Hall–Kier alpha value is -1.67. The van der Waals surface area contributed by atoms with E-state index in [-0.39, 0.29) is 48.3 Å². The lowest BCUT2D eigenvalue weighted by Crippen LogP contribution is -2.56. The van der Waals surface area contributed by atoms with Crippen molar-refractivity contribution in [2.45, 2.75) is 187 Å². The second kappa shape index (κ2) is 17.9. The van der Waals surface area contributed by atoms with Crippen LogP contribution in [0.2, 0.25) is 0 Å². The maximum Gasteiger partial charge on any atom is 0.307 e. The van der Waals surface area contributed by atoms with E-state index in [0.29, 0.717) is 6.61 Å². The molecule has 0 aromatic rings. The molecule has 8 nitrogen and oxygen atoms in total. The Balaban J connectivity index is 1.40. The van der Waals surface area contributed by atoms with Crippen molar-refractivity contribution >= 4 is 17.8 Å². The second-order valence-electron chi connectivity index (χ2n) is 15.0. The van der Waals surface area contributed by atoms with E-state index in [4.69, 9.17) is 14.2 Å². The van der Waals surface area contributed by atoms with E-state index in [1.807, 2.05) is 13.8 Å². The summed E-state index contributed by atoms with van der Waals surface area (Å²) in [6.07, 6.45) is 20.9. The van der Waals surface area contributed by atoms with Gasteiger partial charge in [0.1, 0.15) is 12.2 Å². The molecule has 3 aliphatic rings. The van der Waals surface area contributed by atoms with E-state index >= 15 is 0 Å². The van der Waals surface area contributed by atoms with Gasteiger partial charge in [-0.05, 0) is 52.4 Å². The Morgan fingerprint density at radius 2 is 1.43 bits per heavy atom. The average molecular weight is 621 g/mol. The van der Waals surface area contributed by atoms with Crippen LogP contribution in [-0.4, -0.2) is 55.0 Å². The molecule has 44 heavy (non-hydrogen) atoms. The molecule has 1 heterocycles. The van der Waals surface area contributed by atoms with Gasteiger partial charge in [-0.1, -0.05) is 104 Å². The van der Waals surface area contributed by atoms with Gasteiger partial charge in [0.2, 0.25) is 11.8 Å². The highest BCUT2D eigenvalue weighted by atomic mass is 16.7. The van der Waals surface area contributed by atoms with Crippen molar-refractivity contribution in [2.75, 3.05) is 13.2 Å². The summed E-state index contributed by atoms with van der Waals surface area (Å²) < 4.78 is 17.5. The Kier molecular flexibility index (Phi) is 14.9. The maximum atomic E-state index is 13.7. The molecule has 254 valence electrons. The number of carbonyl (C=O) groups excluding carboxylic acids is 3. The molecule has 0 aromatic heterocycles. The van der Waals surface area contributed by atoms with E-state index in [0.717, 1.165) is 64.2 Å². The van der Waals surface area contributed by atoms with Crippen LogP contribution >= 0.6 is 0 Å². The first-order valence-corrected chi connectivity index (χ1v) is 18.1. The van der Waals surface area contributed by atoms with Crippen LogP contribution in [-0.2, 0) is 28.6 Å². The van der Waals surface area contributed by atoms with Gasteiger partial charge in [-0.15, -0.1) is 0 Å². The van der Waals surface area contributed by atoms with Gasteiger partial charge in [0.15, 0.2) is 5.79 Å². The van der Waals surface area contributed by atoms with Crippen molar-refractivity contribution in [3.05, 3.63) is 0 Å². The topological polar surface area (TPSA) is 103 Å². The third kappa shape index (κ3) is 11.6. The smallest absolute Gasteiger partial charge is 0.307 e. The van der Waals surface area contributed by atoms with Crippen LogP contribution < -0.4 is 10.6 Å². The molecule has 2 amide bonds. The van der Waals surface area contributed by atoms with Crippen molar-refractivity contribution in [1.82, 2.24) is 10.6 Å². The molecule has 0 radical (unpaired) electrons. The van der Waals surface area contributed by atoms with Crippen molar-refractivity contribution in [2.24, 2.45) is 10.8 Å². The molecular weight excluding hydrogens is 556 g/mol. The van der Waals surface area contributed by atoms with Crippen LogP contribution in [0.25, 0.3) is 0 Å². The predicted molar refractivity (Wildman–Crippen MR) is 174 cm³/mol. The molecule has 0 aromatic carbocycles. The number of nitrogens with one attached hydrogen (secondary N) is 2. The number of hydrogen-bond acceptors (Lipinski definition) is 6. The van der Waals surface area contributed by atoms with Gasteiger partial charge in [0.05, 0.1) is 19.1 Å². The lowest BCUT2D eigenvalue weighted by molar-refractivity contribution is -0.304. The molecule has 1 aliphatic heterocycles. The fraction of sp³-hybridized carbons (Fsp3) is 0.917. The summed E-state index contributed by atoms with van der Waals surface area (Å²) in [6.45, 7) is 10.3. The standard InChI is InChI=1S/C36H64N2O6/c1-6-7-8-9-10-11-12-13-14-17-23-36(24-18-19-25-36)33(41)38-28-20-15-16-21-29(28)43-30(39)22-26-37-32(40)31-34(2,3)27-42-35(4,5)44-31/h28-29,31H,6-27H2,1-5H3,(H,37,40)(H,38,41). The number of rotatable bonds is 18. The molecule has 2 aliphatic carbocycles. The van der Waals surface area contributed by atoms with Gasteiger partial charge in [0.25, 0.3) is 0 Å². The molecule has 0 spiro atoms. The fourth-order valence-electron chi connectivity index (χ4n) is 7.25. The Morgan fingerprint density at radius 3 is 2.09 bits per heavy atom. The highest BCUT2D eigenvalue weighted by Gasteiger charge is 2.46. The van der Waals surface area contributed by atoms with Crippen molar-refractivity contribution < 1.29 is 28.6 Å². The van der Waals surface area contributed by atoms with Crippen molar-refractivity contribution in [3.63, 3.8) is 0 Å². The number of unbranched alkanes of at least 4 members (excludes halogenated alkanes) is 9. The summed E-state index contributed by atoms with van der Waals surface area (Å²) in [6, 6.07) is -0.140. The zero-order valence-electron chi connectivity index (χ0n) is 28.7. The van der Waals surface area contributed by atoms with Crippen LogP contribution in [0.15, 0.2) is 0 Å². The minimum absolute atomic E-state index is 0.0820. The zero-order valence-corrected chi connectivity index (χ0v) is 28.7. The van der Waals surface area contributed by atoms with Gasteiger partial charge in [0, 0.05) is 17.4 Å². The third-order valence-corrected chi connectivity index (χ3v) is 10.1. The average Bonchev–Trinajstić information content (AvgIpc) is 3.47. The molecule has 0 bridgehead atoms. The minimum atomic E-state index is -0.832. The molecule has 3 fully saturated rings. The molecule has 3 rings (SSSR count). The number of carbonyl (C=O) groups is 3. The summed E-state index contributed by atoms with van der Waals surface area (Å²) in [5, 5.41) is 6.22. The van der Waals surface area contributed by atoms with Gasteiger partial charge >= 0.3 is 5.97 Å². The maximum absolute atomic E-state index is 13.7. The second-order valence-corrected chi connectivity index (χ2v) is 15.0. The van der Waals surface area contributed by atoms with E-state index in [1.165, 1.54) is 57.8 Å². The Bertz CT molecular complexity index is 897. The first-order valence-electron chi connectivity index (χ1n) is 18.1. The summed E-state index contributed by atoms with van der Waals surface area (Å²) in [7, 11) is 0. The molecule has 8 heteroatoms. The lowest BCUT2D eigenvalue weighted by atomic mass is 9.79. The fourth-order valence-corrected chi connectivity index (χ4v) is 7.25. The Morgan fingerprint density at radius 1 is 0.818 bits per heavy atom. The van der Waals surface area contributed by atoms with E-state index in [1.54, 1.807) is 13.8 Å². The molecule has 2 N–H and O–H groups in total. The number of esters is 1. The first kappa shape index (κ1) is 36.8. The SMILES string of the molecule is CCCCCCCCCCCCC1(C(=O)NC2CCCCC2OC(=O)CCNC(=O)C2OC(C)(C)OCC2(C)C)CCCC1. The molecule has 2 saturated carbocycles. The highest BCUT2D eigenvalue weighted by Crippen LogP contribution is 2.43. The monoisotopic (exact) mass is 620 g/mol. The van der Waals surface area contributed by atoms with Crippen LogP contribution in [0.1, 0.15) is 163 Å². The normalized spacial score (nSPS) is 25.7. The number of amides is 2. The lowest BCUT2D eigenvalue weighted by Gasteiger charge is -2.44. The number of hydrogen-bond donors (Lipinski definition) is 2. The van der Waals surface area contributed by atoms with Crippen molar-refractivity contribution in [1.29, 1.82) is 0 Å². The zero-order chi connectivity index (χ0) is 32.1. The van der Waals surface area contributed by atoms with E-state index in [2.05, 4.69) is 17.6 Å². The van der Waals surface area contributed by atoms with Crippen LogP contribution in [0.4, 0.5) is 0 Å². The van der Waals surface area contributed by atoms with Crippen LogP contribution in [0, 0.1) is 10.8 Å². The van der Waals surface area contributed by atoms with Gasteiger partial charge in [-0.25, -0.2) is 0 Å². The predicted octanol–water partition coefficient (Wildman–Crippen LogP) is 7.51. The largest absolute Gasteiger partial charge is 0.460 e.